The van der Waals surface area contributed by atoms with Crippen LogP contribution in [0, 0.1) is 0 Å². The Morgan fingerprint density at radius 3 is 2.57 bits per heavy atom. The molecule has 1 aromatic heterocycles. The van der Waals surface area contributed by atoms with Crippen LogP contribution in [0.15, 0.2) is 43.0 Å². The zero-order valence-electron chi connectivity index (χ0n) is 7.22. The van der Waals surface area contributed by atoms with Crippen LogP contribution in [0.5, 0.6) is 0 Å². The summed E-state index contributed by atoms with van der Waals surface area (Å²) in [5, 5.41) is 0.618. The monoisotopic (exact) mass is 206 g/mol. The van der Waals surface area contributed by atoms with E-state index in [4.69, 9.17) is 11.6 Å². The molecule has 0 saturated carbocycles. The largest absolute Gasteiger partial charge is 0.272 e. The number of imidazole rings is 1. The Kier molecular flexibility index (Phi) is 2.33. The van der Waals surface area contributed by atoms with Gasteiger partial charge < -0.3 is 0 Å². The summed E-state index contributed by atoms with van der Waals surface area (Å²) < 4.78 is 1.42. The van der Waals surface area contributed by atoms with Gasteiger partial charge in [0.2, 0.25) is 0 Å². The van der Waals surface area contributed by atoms with Crippen LogP contribution in [0.3, 0.4) is 0 Å². The van der Waals surface area contributed by atoms with E-state index in [1.54, 1.807) is 36.7 Å². The van der Waals surface area contributed by atoms with E-state index < -0.39 is 0 Å². The molecule has 1 aromatic carbocycles. The van der Waals surface area contributed by atoms with Gasteiger partial charge in [0, 0.05) is 23.0 Å². The van der Waals surface area contributed by atoms with Crippen molar-refractivity contribution in [3.05, 3.63) is 53.6 Å². The Bertz CT molecular complexity index is 434. The van der Waals surface area contributed by atoms with Crippen LogP contribution in [0.1, 0.15) is 10.4 Å². The fourth-order valence-electron chi connectivity index (χ4n) is 1.12. The highest BCUT2D eigenvalue weighted by molar-refractivity contribution is 6.30. The number of nitrogens with zero attached hydrogens (tertiary/aromatic N) is 2. The van der Waals surface area contributed by atoms with Crippen molar-refractivity contribution in [2.24, 2.45) is 0 Å². The van der Waals surface area contributed by atoms with Crippen LogP contribution in [-0.2, 0) is 0 Å². The Balaban J connectivity index is 2.33. The molecule has 0 unspecified atom stereocenters. The Hall–Kier alpha value is -1.61. The summed E-state index contributed by atoms with van der Waals surface area (Å²) in [4.78, 5) is 15.5. The first-order valence-electron chi connectivity index (χ1n) is 4.05. The fourth-order valence-corrected chi connectivity index (χ4v) is 1.25. The zero-order chi connectivity index (χ0) is 9.97. The van der Waals surface area contributed by atoms with Crippen LogP contribution >= 0.6 is 11.6 Å². The first kappa shape index (κ1) is 8.97. The molecule has 70 valence electrons. The zero-order valence-corrected chi connectivity index (χ0v) is 7.98. The average molecular weight is 207 g/mol. The summed E-state index contributed by atoms with van der Waals surface area (Å²) in [6, 6.07) is 6.74. The number of carbonyl (C=O) groups is 1. The molecule has 0 N–H and O–H groups in total. The Labute approximate surface area is 86.0 Å². The number of halogens is 1. The van der Waals surface area contributed by atoms with Crippen molar-refractivity contribution in [1.29, 1.82) is 0 Å². The molecule has 0 fully saturated rings. The van der Waals surface area contributed by atoms with Gasteiger partial charge in [-0.2, -0.15) is 0 Å². The predicted molar refractivity (Wildman–Crippen MR) is 53.4 cm³/mol. The number of benzene rings is 1. The van der Waals surface area contributed by atoms with E-state index in [0.717, 1.165) is 0 Å². The van der Waals surface area contributed by atoms with Gasteiger partial charge in [0.25, 0.3) is 5.91 Å². The molecule has 0 radical (unpaired) electrons. The highest BCUT2D eigenvalue weighted by Gasteiger charge is 2.06. The molecule has 1 heterocycles. The summed E-state index contributed by atoms with van der Waals surface area (Å²) in [6.45, 7) is 0. The van der Waals surface area contributed by atoms with Gasteiger partial charge >= 0.3 is 0 Å². The van der Waals surface area contributed by atoms with E-state index in [1.165, 1.54) is 10.9 Å². The molecule has 0 bridgehead atoms. The summed E-state index contributed by atoms with van der Waals surface area (Å²) in [5.41, 5.74) is 0.590. The van der Waals surface area contributed by atoms with E-state index in [9.17, 15) is 4.79 Å². The molecule has 4 heteroatoms. The van der Waals surface area contributed by atoms with Crippen molar-refractivity contribution in [2.45, 2.75) is 0 Å². The van der Waals surface area contributed by atoms with Gasteiger partial charge in [0.15, 0.2) is 0 Å². The number of hydrogen-bond acceptors (Lipinski definition) is 2. The molecule has 2 aromatic rings. The lowest BCUT2D eigenvalue weighted by Crippen LogP contribution is -2.09. The summed E-state index contributed by atoms with van der Waals surface area (Å²) in [7, 11) is 0. The van der Waals surface area contributed by atoms with Crippen molar-refractivity contribution in [3.8, 4) is 0 Å². The second kappa shape index (κ2) is 3.64. The highest BCUT2D eigenvalue weighted by atomic mass is 35.5. The van der Waals surface area contributed by atoms with Gasteiger partial charge in [0.1, 0.15) is 6.33 Å². The first-order chi connectivity index (χ1) is 6.77. The highest BCUT2D eigenvalue weighted by Crippen LogP contribution is 2.10. The standard InChI is InChI=1S/C10H7ClN2O/c11-9-3-1-8(2-4-9)10(14)13-6-5-12-7-13/h1-7H. The third-order valence-electron chi connectivity index (χ3n) is 1.83. The van der Waals surface area contributed by atoms with Crippen LogP contribution < -0.4 is 0 Å². The maximum atomic E-state index is 11.7. The van der Waals surface area contributed by atoms with Gasteiger partial charge in [-0.15, -0.1) is 0 Å². The number of carbonyl (C=O) groups excluding carboxylic acids is 1. The molecular formula is C10H7ClN2O. The minimum absolute atomic E-state index is 0.112. The molecule has 14 heavy (non-hydrogen) atoms. The molecule has 0 spiro atoms. The number of hydrogen-bond donors (Lipinski definition) is 0. The minimum atomic E-state index is -0.112. The summed E-state index contributed by atoms with van der Waals surface area (Å²) in [5.74, 6) is -0.112. The molecule has 0 atom stereocenters. The maximum Gasteiger partial charge on any atom is 0.263 e. The quantitative estimate of drug-likeness (QED) is 0.717. The predicted octanol–water partition coefficient (Wildman–Crippen LogP) is 2.22. The normalized spacial score (nSPS) is 10.1. The summed E-state index contributed by atoms with van der Waals surface area (Å²) in [6.07, 6.45) is 4.64. The topological polar surface area (TPSA) is 34.9 Å². The Morgan fingerprint density at radius 1 is 1.29 bits per heavy atom. The average Bonchev–Trinajstić information content (AvgIpc) is 2.71. The third-order valence-corrected chi connectivity index (χ3v) is 2.08. The van der Waals surface area contributed by atoms with E-state index in [1.807, 2.05) is 0 Å². The number of rotatable bonds is 1. The van der Waals surface area contributed by atoms with Gasteiger partial charge in [0.05, 0.1) is 0 Å². The van der Waals surface area contributed by atoms with Crippen molar-refractivity contribution in [1.82, 2.24) is 9.55 Å². The minimum Gasteiger partial charge on any atom is -0.272 e. The van der Waals surface area contributed by atoms with Crippen LogP contribution in [0.25, 0.3) is 0 Å². The van der Waals surface area contributed by atoms with Crippen molar-refractivity contribution in [2.75, 3.05) is 0 Å². The molecule has 0 saturated heterocycles. The van der Waals surface area contributed by atoms with Crippen molar-refractivity contribution in [3.63, 3.8) is 0 Å². The lowest BCUT2D eigenvalue weighted by Gasteiger charge is -2.00. The molecule has 0 aliphatic heterocycles. The van der Waals surface area contributed by atoms with Gasteiger partial charge in [-0.1, -0.05) is 11.6 Å². The number of aromatic nitrogens is 2. The van der Waals surface area contributed by atoms with Crippen LogP contribution in [0.2, 0.25) is 5.02 Å². The van der Waals surface area contributed by atoms with E-state index in [0.29, 0.717) is 10.6 Å². The molecule has 0 amide bonds. The first-order valence-corrected chi connectivity index (χ1v) is 4.43. The SMILES string of the molecule is O=C(c1ccc(Cl)cc1)n1ccnc1. The second-order valence-corrected chi connectivity index (χ2v) is 3.22. The van der Waals surface area contributed by atoms with Gasteiger partial charge in [-0.05, 0) is 24.3 Å². The molecule has 2 rings (SSSR count). The summed E-state index contributed by atoms with van der Waals surface area (Å²) >= 11 is 5.71. The lowest BCUT2D eigenvalue weighted by atomic mass is 10.2. The van der Waals surface area contributed by atoms with Crippen LogP contribution in [0.4, 0.5) is 0 Å². The van der Waals surface area contributed by atoms with Gasteiger partial charge in [-0.3, -0.25) is 9.36 Å². The third kappa shape index (κ3) is 1.67. The Morgan fingerprint density at radius 2 is 2.00 bits per heavy atom. The maximum absolute atomic E-state index is 11.7. The van der Waals surface area contributed by atoms with Crippen LogP contribution in [-0.4, -0.2) is 15.5 Å². The van der Waals surface area contributed by atoms with Crippen molar-refractivity contribution < 1.29 is 4.79 Å². The molecule has 3 nitrogen and oxygen atoms in total. The molecular weight excluding hydrogens is 200 g/mol. The molecule has 0 aliphatic carbocycles. The van der Waals surface area contributed by atoms with Crippen molar-refractivity contribution >= 4 is 17.5 Å². The smallest absolute Gasteiger partial charge is 0.263 e. The van der Waals surface area contributed by atoms with E-state index >= 15 is 0 Å². The lowest BCUT2D eigenvalue weighted by molar-refractivity contribution is 0.0960. The van der Waals surface area contributed by atoms with Gasteiger partial charge in [-0.25, -0.2) is 4.98 Å². The fraction of sp³-hybridized carbons (Fsp3) is 0. The second-order valence-electron chi connectivity index (χ2n) is 2.78. The van der Waals surface area contributed by atoms with E-state index in [2.05, 4.69) is 4.98 Å². The molecule has 0 aliphatic rings. The van der Waals surface area contributed by atoms with E-state index in [-0.39, 0.29) is 5.91 Å².